The molecule has 2 aromatic carbocycles. The minimum absolute atomic E-state index is 0.0236. The summed E-state index contributed by atoms with van der Waals surface area (Å²) in [6.07, 6.45) is 9.53. The summed E-state index contributed by atoms with van der Waals surface area (Å²) < 4.78 is 6.28. The van der Waals surface area contributed by atoms with Crippen LogP contribution >= 0.6 is 0 Å². The van der Waals surface area contributed by atoms with E-state index in [1.165, 1.54) is 18.4 Å². The highest BCUT2D eigenvalue weighted by Crippen LogP contribution is 2.34. The monoisotopic (exact) mass is 500 g/mol. The SMILES string of the molecule is Cc1ccc(CN2C(=O)/C(=C\c3ccc(C(=O)NC4CCCC(C)C4C)cc3)OC3CCCCC32)cc1. The summed E-state index contributed by atoms with van der Waals surface area (Å²) in [5.41, 5.74) is 3.87. The highest BCUT2D eigenvalue weighted by atomic mass is 16.5. The first-order valence-electron chi connectivity index (χ1n) is 14.0. The van der Waals surface area contributed by atoms with Crippen molar-refractivity contribution in [2.45, 2.75) is 90.4 Å². The molecule has 0 radical (unpaired) electrons. The third-order valence-electron chi connectivity index (χ3n) is 8.79. The van der Waals surface area contributed by atoms with Gasteiger partial charge in [0.25, 0.3) is 11.8 Å². The Morgan fingerprint density at radius 1 is 0.973 bits per heavy atom. The zero-order valence-electron chi connectivity index (χ0n) is 22.4. The lowest BCUT2D eigenvalue weighted by molar-refractivity contribution is -0.149. The summed E-state index contributed by atoms with van der Waals surface area (Å²) >= 11 is 0. The van der Waals surface area contributed by atoms with Crippen molar-refractivity contribution in [2.75, 3.05) is 0 Å². The van der Waals surface area contributed by atoms with Gasteiger partial charge in [-0.05, 0) is 73.8 Å². The molecule has 5 heteroatoms. The predicted molar refractivity (Wildman–Crippen MR) is 147 cm³/mol. The minimum atomic E-state index is -0.0500. The quantitative estimate of drug-likeness (QED) is 0.493. The molecule has 1 heterocycles. The van der Waals surface area contributed by atoms with Crippen LogP contribution in [0.1, 0.15) is 85.8 Å². The zero-order chi connectivity index (χ0) is 25.9. The van der Waals surface area contributed by atoms with Gasteiger partial charge < -0.3 is 15.0 Å². The van der Waals surface area contributed by atoms with Crippen LogP contribution in [-0.2, 0) is 16.1 Å². The Hall–Kier alpha value is -3.08. The first-order chi connectivity index (χ1) is 17.9. The van der Waals surface area contributed by atoms with Crippen molar-refractivity contribution >= 4 is 17.9 Å². The number of amides is 2. The number of carbonyl (C=O) groups excluding carboxylic acids is 2. The largest absolute Gasteiger partial charge is 0.482 e. The van der Waals surface area contributed by atoms with E-state index in [-0.39, 0.29) is 30.0 Å². The lowest BCUT2D eigenvalue weighted by Crippen LogP contribution is -2.54. The van der Waals surface area contributed by atoms with E-state index in [1.54, 1.807) is 0 Å². The van der Waals surface area contributed by atoms with E-state index in [2.05, 4.69) is 50.4 Å². The Bertz CT molecular complexity index is 1140. The summed E-state index contributed by atoms with van der Waals surface area (Å²) in [5.74, 6) is 1.45. The molecule has 1 N–H and O–H groups in total. The zero-order valence-corrected chi connectivity index (χ0v) is 22.4. The van der Waals surface area contributed by atoms with E-state index in [9.17, 15) is 9.59 Å². The maximum absolute atomic E-state index is 13.6. The Balaban J connectivity index is 1.31. The highest BCUT2D eigenvalue weighted by molar-refractivity contribution is 5.97. The molecule has 3 fully saturated rings. The summed E-state index contributed by atoms with van der Waals surface area (Å²) in [6.45, 7) is 7.19. The normalized spacial score (nSPS) is 28.9. The van der Waals surface area contributed by atoms with Gasteiger partial charge in [-0.15, -0.1) is 0 Å². The summed E-state index contributed by atoms with van der Waals surface area (Å²) in [5, 5.41) is 3.25. The topological polar surface area (TPSA) is 58.6 Å². The van der Waals surface area contributed by atoms with Crippen LogP contribution in [-0.4, -0.2) is 34.9 Å². The molecular formula is C32H40N2O3. The van der Waals surface area contributed by atoms with Gasteiger partial charge in [-0.25, -0.2) is 0 Å². The third kappa shape index (κ3) is 5.76. The van der Waals surface area contributed by atoms with Crippen LogP contribution in [0.3, 0.4) is 0 Å². The van der Waals surface area contributed by atoms with Crippen LogP contribution in [0, 0.1) is 18.8 Å². The number of ether oxygens (including phenoxy) is 1. The standard InChI is InChI=1S/C32H40N2O3/c1-21-11-13-25(14-12-21)20-34-28-9-4-5-10-29(28)37-30(32(34)36)19-24-15-17-26(18-16-24)31(35)33-27-8-6-7-22(2)23(27)3/h11-19,22-23,27-29H,4-10,20H2,1-3H3,(H,33,35)/b30-19+. The smallest absolute Gasteiger partial charge is 0.289 e. The summed E-state index contributed by atoms with van der Waals surface area (Å²) in [4.78, 5) is 28.5. The maximum Gasteiger partial charge on any atom is 0.289 e. The Morgan fingerprint density at radius 3 is 2.46 bits per heavy atom. The van der Waals surface area contributed by atoms with E-state index in [4.69, 9.17) is 4.74 Å². The van der Waals surface area contributed by atoms with Crippen LogP contribution in [0.4, 0.5) is 0 Å². The lowest BCUT2D eigenvalue weighted by atomic mass is 9.78. The first-order valence-corrected chi connectivity index (χ1v) is 14.0. The highest BCUT2D eigenvalue weighted by Gasteiger charge is 2.41. The van der Waals surface area contributed by atoms with Gasteiger partial charge in [0.2, 0.25) is 0 Å². The number of hydrogen-bond donors (Lipinski definition) is 1. The summed E-state index contributed by atoms with van der Waals surface area (Å²) in [7, 11) is 0. The molecule has 0 bridgehead atoms. The number of morpholine rings is 1. The minimum Gasteiger partial charge on any atom is -0.482 e. The fraction of sp³-hybridized carbons (Fsp3) is 0.500. The van der Waals surface area contributed by atoms with E-state index < -0.39 is 0 Å². The molecule has 2 aromatic rings. The second-order valence-corrected chi connectivity index (χ2v) is 11.4. The molecule has 5 nitrogen and oxygen atoms in total. The number of benzene rings is 2. The lowest BCUT2D eigenvalue weighted by Gasteiger charge is -2.44. The maximum atomic E-state index is 13.6. The molecule has 196 valence electrons. The van der Waals surface area contributed by atoms with Crippen molar-refractivity contribution < 1.29 is 14.3 Å². The third-order valence-corrected chi connectivity index (χ3v) is 8.79. The van der Waals surface area contributed by atoms with Crippen LogP contribution < -0.4 is 5.32 Å². The number of rotatable bonds is 5. The number of aryl methyl sites for hydroxylation is 1. The van der Waals surface area contributed by atoms with Crippen LogP contribution in [0.2, 0.25) is 0 Å². The van der Waals surface area contributed by atoms with Gasteiger partial charge in [0.1, 0.15) is 6.10 Å². The molecule has 2 aliphatic carbocycles. The van der Waals surface area contributed by atoms with E-state index >= 15 is 0 Å². The molecule has 0 aromatic heterocycles. The number of nitrogens with zero attached hydrogens (tertiary/aromatic N) is 1. The molecule has 3 aliphatic rings. The van der Waals surface area contributed by atoms with Crippen molar-refractivity contribution in [3.05, 3.63) is 76.5 Å². The predicted octanol–water partition coefficient (Wildman–Crippen LogP) is 6.26. The van der Waals surface area contributed by atoms with Gasteiger partial charge in [-0.1, -0.05) is 75.1 Å². The van der Waals surface area contributed by atoms with Gasteiger partial charge in [-0.3, -0.25) is 9.59 Å². The molecule has 1 aliphatic heterocycles. The van der Waals surface area contributed by atoms with E-state index in [1.807, 2.05) is 35.2 Å². The molecule has 5 rings (SSSR count). The first kappa shape index (κ1) is 25.6. The van der Waals surface area contributed by atoms with Crippen molar-refractivity contribution in [2.24, 2.45) is 11.8 Å². The average Bonchev–Trinajstić information content (AvgIpc) is 2.90. The molecule has 0 spiro atoms. The Kier molecular flexibility index (Phi) is 7.68. The van der Waals surface area contributed by atoms with Crippen molar-refractivity contribution in [3.8, 4) is 0 Å². The Morgan fingerprint density at radius 2 is 1.70 bits per heavy atom. The number of hydrogen-bond acceptors (Lipinski definition) is 3. The molecule has 2 amide bonds. The van der Waals surface area contributed by atoms with E-state index in [0.717, 1.165) is 43.2 Å². The van der Waals surface area contributed by atoms with Crippen molar-refractivity contribution in [1.29, 1.82) is 0 Å². The van der Waals surface area contributed by atoms with Crippen LogP contribution in [0.5, 0.6) is 0 Å². The molecule has 1 saturated heterocycles. The van der Waals surface area contributed by atoms with Crippen molar-refractivity contribution in [3.63, 3.8) is 0 Å². The van der Waals surface area contributed by atoms with Gasteiger partial charge in [0, 0.05) is 18.2 Å². The van der Waals surface area contributed by atoms with Crippen LogP contribution in [0.15, 0.2) is 54.3 Å². The fourth-order valence-electron chi connectivity index (χ4n) is 6.17. The number of fused-ring (bicyclic) bond motifs is 1. The molecular weight excluding hydrogens is 460 g/mol. The number of nitrogens with one attached hydrogen (secondary N) is 1. The molecule has 2 saturated carbocycles. The van der Waals surface area contributed by atoms with E-state index in [0.29, 0.717) is 29.7 Å². The Labute approximate surface area is 221 Å². The molecule has 5 atom stereocenters. The second kappa shape index (κ2) is 11.1. The summed E-state index contributed by atoms with van der Waals surface area (Å²) in [6, 6.07) is 16.3. The number of carbonyl (C=O) groups is 2. The molecule has 37 heavy (non-hydrogen) atoms. The van der Waals surface area contributed by atoms with Crippen LogP contribution in [0.25, 0.3) is 6.08 Å². The van der Waals surface area contributed by atoms with Gasteiger partial charge in [0.15, 0.2) is 5.76 Å². The van der Waals surface area contributed by atoms with Gasteiger partial charge in [-0.2, -0.15) is 0 Å². The van der Waals surface area contributed by atoms with Gasteiger partial charge >= 0.3 is 0 Å². The average molecular weight is 501 g/mol. The fourth-order valence-corrected chi connectivity index (χ4v) is 6.17. The van der Waals surface area contributed by atoms with Gasteiger partial charge in [0.05, 0.1) is 6.04 Å². The molecule has 5 unspecified atom stereocenters. The van der Waals surface area contributed by atoms with Crippen molar-refractivity contribution in [1.82, 2.24) is 10.2 Å². The second-order valence-electron chi connectivity index (χ2n) is 11.4.